The summed E-state index contributed by atoms with van der Waals surface area (Å²) in [5.41, 5.74) is 2.06. The van der Waals surface area contributed by atoms with E-state index in [1.807, 2.05) is 12.1 Å². The summed E-state index contributed by atoms with van der Waals surface area (Å²) in [5, 5.41) is 12.1. The highest BCUT2D eigenvalue weighted by molar-refractivity contribution is 5.94. The number of amides is 1. The summed E-state index contributed by atoms with van der Waals surface area (Å²) in [4.78, 5) is 23.4. The highest BCUT2D eigenvalue weighted by atomic mass is 16.4. The minimum absolute atomic E-state index is 0.0380. The summed E-state index contributed by atoms with van der Waals surface area (Å²) in [6, 6.07) is 8.18. The van der Waals surface area contributed by atoms with Gasteiger partial charge in [0.1, 0.15) is 0 Å². The number of carbonyl (C=O) groups is 2. The number of aliphatic carboxylic acids is 1. The molecule has 4 nitrogen and oxygen atoms in total. The van der Waals surface area contributed by atoms with Crippen molar-refractivity contribution < 1.29 is 14.7 Å². The fourth-order valence-electron chi connectivity index (χ4n) is 4.10. The van der Waals surface area contributed by atoms with Crippen molar-refractivity contribution in [3.63, 3.8) is 0 Å². The second-order valence-corrected chi connectivity index (χ2v) is 7.32. The van der Waals surface area contributed by atoms with Crippen molar-refractivity contribution in [3.05, 3.63) is 35.4 Å². The average Bonchev–Trinajstić information content (AvgIpc) is 2.63. The van der Waals surface area contributed by atoms with Crippen LogP contribution < -0.4 is 5.32 Å². The predicted molar refractivity (Wildman–Crippen MR) is 93.1 cm³/mol. The molecule has 130 valence electrons. The van der Waals surface area contributed by atoms with Crippen molar-refractivity contribution in [1.29, 1.82) is 0 Å². The van der Waals surface area contributed by atoms with Gasteiger partial charge < -0.3 is 10.4 Å². The summed E-state index contributed by atoms with van der Waals surface area (Å²) in [7, 11) is 0. The van der Waals surface area contributed by atoms with Crippen molar-refractivity contribution in [2.75, 3.05) is 0 Å². The number of rotatable bonds is 4. The molecule has 0 spiro atoms. The molecule has 0 bridgehead atoms. The molecule has 0 unspecified atom stereocenters. The third-order valence-electron chi connectivity index (χ3n) is 5.66. The molecule has 0 saturated heterocycles. The molecule has 2 aliphatic rings. The Hall–Kier alpha value is -1.84. The van der Waals surface area contributed by atoms with Gasteiger partial charge in [-0.1, -0.05) is 31.4 Å². The Labute approximate surface area is 143 Å². The van der Waals surface area contributed by atoms with E-state index in [1.165, 1.54) is 37.7 Å². The fraction of sp³-hybridized carbons (Fsp3) is 0.600. The van der Waals surface area contributed by atoms with Crippen LogP contribution in [0.1, 0.15) is 79.6 Å². The quantitative estimate of drug-likeness (QED) is 0.873. The van der Waals surface area contributed by atoms with Gasteiger partial charge in [0, 0.05) is 11.6 Å². The molecule has 2 aliphatic carbocycles. The van der Waals surface area contributed by atoms with Gasteiger partial charge in [0.2, 0.25) is 0 Å². The van der Waals surface area contributed by atoms with Gasteiger partial charge in [-0.25, -0.2) is 0 Å². The normalized spacial score (nSPS) is 25.2. The van der Waals surface area contributed by atoms with Crippen LogP contribution in [0.2, 0.25) is 0 Å². The Balaban J connectivity index is 1.53. The smallest absolute Gasteiger partial charge is 0.306 e. The maximum atomic E-state index is 12.4. The van der Waals surface area contributed by atoms with E-state index < -0.39 is 5.97 Å². The molecule has 2 N–H and O–H groups in total. The van der Waals surface area contributed by atoms with E-state index in [1.54, 1.807) is 0 Å². The molecule has 0 aliphatic heterocycles. The van der Waals surface area contributed by atoms with E-state index in [0.29, 0.717) is 24.3 Å². The van der Waals surface area contributed by atoms with Crippen LogP contribution in [0.4, 0.5) is 0 Å². The minimum atomic E-state index is -0.710. The zero-order chi connectivity index (χ0) is 16.9. The van der Waals surface area contributed by atoms with Gasteiger partial charge in [-0.05, 0) is 62.1 Å². The molecule has 2 saturated carbocycles. The van der Waals surface area contributed by atoms with E-state index in [2.05, 4.69) is 17.4 Å². The highest BCUT2D eigenvalue weighted by Gasteiger charge is 2.27. The SMILES string of the molecule is O=C(NC1CCC(C(=O)O)CC1)c1ccc(C2CCCCC2)cc1. The van der Waals surface area contributed by atoms with Crippen LogP contribution in [-0.2, 0) is 4.79 Å². The Morgan fingerprint density at radius 2 is 1.50 bits per heavy atom. The Bertz CT molecular complexity index is 567. The molecule has 1 aromatic carbocycles. The lowest BCUT2D eigenvalue weighted by Gasteiger charge is -2.27. The van der Waals surface area contributed by atoms with Gasteiger partial charge in [0.25, 0.3) is 5.91 Å². The Morgan fingerprint density at radius 1 is 0.875 bits per heavy atom. The van der Waals surface area contributed by atoms with E-state index in [0.717, 1.165) is 12.8 Å². The second-order valence-electron chi connectivity index (χ2n) is 7.32. The first-order valence-corrected chi connectivity index (χ1v) is 9.27. The van der Waals surface area contributed by atoms with Gasteiger partial charge in [0.05, 0.1) is 5.92 Å². The van der Waals surface area contributed by atoms with Crippen LogP contribution in [0.3, 0.4) is 0 Å². The summed E-state index contributed by atoms with van der Waals surface area (Å²) in [5.74, 6) is -0.336. The number of carboxylic acids is 1. The van der Waals surface area contributed by atoms with E-state index in [9.17, 15) is 9.59 Å². The number of carbonyl (C=O) groups excluding carboxylic acids is 1. The molecule has 0 atom stereocenters. The zero-order valence-corrected chi connectivity index (χ0v) is 14.2. The molecule has 2 fully saturated rings. The summed E-state index contributed by atoms with van der Waals surface area (Å²) in [6.07, 6.45) is 9.31. The number of benzene rings is 1. The topological polar surface area (TPSA) is 66.4 Å². The zero-order valence-electron chi connectivity index (χ0n) is 14.2. The van der Waals surface area contributed by atoms with Crippen LogP contribution in [0, 0.1) is 5.92 Å². The van der Waals surface area contributed by atoms with Crippen molar-refractivity contribution in [2.24, 2.45) is 5.92 Å². The summed E-state index contributed by atoms with van der Waals surface area (Å²) in [6.45, 7) is 0. The van der Waals surface area contributed by atoms with Crippen LogP contribution in [0.15, 0.2) is 24.3 Å². The van der Waals surface area contributed by atoms with Crippen molar-refractivity contribution >= 4 is 11.9 Å². The number of hydrogen-bond acceptors (Lipinski definition) is 2. The van der Waals surface area contributed by atoms with E-state index in [-0.39, 0.29) is 17.9 Å². The first-order valence-electron chi connectivity index (χ1n) is 9.27. The number of nitrogens with one attached hydrogen (secondary N) is 1. The number of carboxylic acid groups (broad SMARTS) is 1. The molecular formula is C20H27NO3. The van der Waals surface area contributed by atoms with E-state index in [4.69, 9.17) is 5.11 Å². The summed E-state index contributed by atoms with van der Waals surface area (Å²) < 4.78 is 0. The third kappa shape index (κ3) is 4.16. The maximum Gasteiger partial charge on any atom is 0.306 e. The van der Waals surface area contributed by atoms with Gasteiger partial charge in [-0.3, -0.25) is 9.59 Å². The third-order valence-corrected chi connectivity index (χ3v) is 5.66. The standard InChI is InChI=1S/C20H27NO3/c22-19(21-18-12-10-17(11-13-18)20(23)24)16-8-6-15(7-9-16)14-4-2-1-3-5-14/h6-9,14,17-18H,1-5,10-13H2,(H,21,22)(H,23,24). The van der Waals surface area contributed by atoms with Crippen LogP contribution in [0.5, 0.6) is 0 Å². The molecule has 1 amide bonds. The highest BCUT2D eigenvalue weighted by Crippen LogP contribution is 2.32. The first kappa shape index (κ1) is 17.0. The Kier molecular flexibility index (Phi) is 5.54. The molecule has 1 aromatic rings. The minimum Gasteiger partial charge on any atom is -0.481 e. The molecule has 0 radical (unpaired) electrons. The van der Waals surface area contributed by atoms with Gasteiger partial charge in [-0.2, -0.15) is 0 Å². The van der Waals surface area contributed by atoms with Crippen molar-refractivity contribution in [3.8, 4) is 0 Å². The molecular weight excluding hydrogens is 302 g/mol. The van der Waals surface area contributed by atoms with Crippen molar-refractivity contribution in [2.45, 2.75) is 69.7 Å². The molecule has 3 rings (SSSR count). The van der Waals surface area contributed by atoms with Gasteiger partial charge >= 0.3 is 5.97 Å². The fourth-order valence-corrected chi connectivity index (χ4v) is 4.10. The molecule has 0 aromatic heterocycles. The lowest BCUT2D eigenvalue weighted by Crippen LogP contribution is -2.38. The monoisotopic (exact) mass is 329 g/mol. The molecule has 4 heteroatoms. The largest absolute Gasteiger partial charge is 0.481 e. The lowest BCUT2D eigenvalue weighted by atomic mass is 9.84. The molecule has 0 heterocycles. The predicted octanol–water partition coefficient (Wildman–Crippen LogP) is 4.11. The lowest BCUT2D eigenvalue weighted by molar-refractivity contribution is -0.142. The van der Waals surface area contributed by atoms with Crippen LogP contribution in [-0.4, -0.2) is 23.0 Å². The van der Waals surface area contributed by atoms with Crippen LogP contribution >= 0.6 is 0 Å². The van der Waals surface area contributed by atoms with E-state index >= 15 is 0 Å². The number of hydrogen-bond donors (Lipinski definition) is 2. The summed E-state index contributed by atoms with van der Waals surface area (Å²) >= 11 is 0. The van der Waals surface area contributed by atoms with Gasteiger partial charge in [0.15, 0.2) is 0 Å². The first-order chi connectivity index (χ1) is 11.6. The second kappa shape index (κ2) is 7.82. The van der Waals surface area contributed by atoms with Crippen LogP contribution in [0.25, 0.3) is 0 Å². The average molecular weight is 329 g/mol. The van der Waals surface area contributed by atoms with Gasteiger partial charge in [-0.15, -0.1) is 0 Å². The maximum absolute atomic E-state index is 12.4. The molecule has 24 heavy (non-hydrogen) atoms. The Morgan fingerprint density at radius 3 is 2.08 bits per heavy atom. The van der Waals surface area contributed by atoms with Crippen molar-refractivity contribution in [1.82, 2.24) is 5.32 Å².